The number of aromatic nitrogens is 2. The molecule has 0 unspecified atom stereocenters. The van der Waals surface area contributed by atoms with Crippen molar-refractivity contribution in [1.29, 1.82) is 0 Å². The van der Waals surface area contributed by atoms with E-state index in [2.05, 4.69) is 19.1 Å². The lowest BCUT2D eigenvalue weighted by atomic mass is 9.97. The van der Waals surface area contributed by atoms with E-state index in [9.17, 15) is 9.59 Å². The van der Waals surface area contributed by atoms with Crippen LogP contribution in [0.5, 0.6) is 0 Å². The maximum Gasteiger partial charge on any atom is 0.274 e. The van der Waals surface area contributed by atoms with Crippen LogP contribution in [-0.2, 0) is 20.0 Å². The molecule has 118 valence electrons. The number of benzene rings is 1. The summed E-state index contributed by atoms with van der Waals surface area (Å²) in [4.78, 5) is 24.0. The Morgan fingerprint density at radius 1 is 1.13 bits per heavy atom. The van der Waals surface area contributed by atoms with Crippen molar-refractivity contribution in [3.8, 4) is 11.1 Å². The molecule has 0 saturated carbocycles. The molecule has 0 aliphatic rings. The summed E-state index contributed by atoms with van der Waals surface area (Å²) < 4.78 is 3.40. The van der Waals surface area contributed by atoms with E-state index in [-0.39, 0.29) is 5.56 Å². The summed E-state index contributed by atoms with van der Waals surface area (Å²) in [6, 6.07) is 10.0. The Kier molecular flexibility index (Phi) is 3.90. The van der Waals surface area contributed by atoms with Crippen LogP contribution in [0.2, 0.25) is 0 Å². The Hall–Kier alpha value is -2.62. The average Bonchev–Trinajstić information content (AvgIpc) is 2.97. The lowest BCUT2D eigenvalue weighted by molar-refractivity contribution is 0.111. The summed E-state index contributed by atoms with van der Waals surface area (Å²) in [5.74, 6) is 0. The molecule has 23 heavy (non-hydrogen) atoms. The van der Waals surface area contributed by atoms with Gasteiger partial charge in [0.1, 0.15) is 5.52 Å². The van der Waals surface area contributed by atoms with Crippen molar-refractivity contribution in [2.24, 2.45) is 7.05 Å². The van der Waals surface area contributed by atoms with E-state index in [1.165, 1.54) is 5.56 Å². The first kappa shape index (κ1) is 15.3. The van der Waals surface area contributed by atoms with E-state index in [1.807, 2.05) is 31.3 Å². The van der Waals surface area contributed by atoms with Gasteiger partial charge in [-0.05, 0) is 30.5 Å². The lowest BCUT2D eigenvalue weighted by Crippen LogP contribution is -2.19. The van der Waals surface area contributed by atoms with Gasteiger partial charge in [-0.25, -0.2) is 0 Å². The third kappa shape index (κ3) is 2.31. The van der Waals surface area contributed by atoms with Crippen LogP contribution in [0.3, 0.4) is 0 Å². The molecule has 0 aliphatic heterocycles. The second-order valence-electron chi connectivity index (χ2n) is 5.66. The van der Waals surface area contributed by atoms with Crippen LogP contribution in [0.4, 0.5) is 0 Å². The van der Waals surface area contributed by atoms with Gasteiger partial charge in [0.05, 0.1) is 5.69 Å². The molecule has 0 aliphatic carbocycles. The maximum absolute atomic E-state index is 12.6. The number of pyridine rings is 1. The molecule has 2 aromatic heterocycles. The Morgan fingerprint density at radius 2 is 1.87 bits per heavy atom. The van der Waals surface area contributed by atoms with E-state index >= 15 is 0 Å². The minimum absolute atomic E-state index is 0.0762. The Bertz CT molecular complexity index is 948. The molecule has 4 heteroatoms. The fourth-order valence-electron chi connectivity index (χ4n) is 3.24. The molecular formula is C19H20N2O2. The van der Waals surface area contributed by atoms with E-state index in [0.717, 1.165) is 29.2 Å². The van der Waals surface area contributed by atoms with Crippen LogP contribution >= 0.6 is 0 Å². The van der Waals surface area contributed by atoms with E-state index in [1.54, 1.807) is 16.2 Å². The standard InChI is InChI=1S/C19H20N2O2/c1-4-13-8-6-7-9-15(13)17-11-20(3)19(23)18-16(17)10-14(12-22)21(18)5-2/h6-12H,4-5H2,1-3H3. The molecule has 0 bridgehead atoms. The predicted octanol–water partition coefficient (Wildman–Crippen LogP) is 3.40. The highest BCUT2D eigenvalue weighted by atomic mass is 16.1. The molecule has 0 N–H and O–H groups in total. The number of nitrogens with zero attached hydrogens (tertiary/aromatic N) is 2. The van der Waals surface area contributed by atoms with Gasteiger partial charge in [-0.2, -0.15) is 0 Å². The number of hydrogen-bond acceptors (Lipinski definition) is 2. The van der Waals surface area contributed by atoms with Gasteiger partial charge in [0.15, 0.2) is 6.29 Å². The molecule has 0 amide bonds. The van der Waals surface area contributed by atoms with Crippen LogP contribution in [0, 0.1) is 0 Å². The van der Waals surface area contributed by atoms with Gasteiger partial charge >= 0.3 is 0 Å². The van der Waals surface area contributed by atoms with Gasteiger partial charge in [-0.3, -0.25) is 9.59 Å². The summed E-state index contributed by atoms with van der Waals surface area (Å²) in [6.07, 6.45) is 3.60. The van der Waals surface area contributed by atoms with Gasteiger partial charge in [-0.15, -0.1) is 0 Å². The van der Waals surface area contributed by atoms with Crippen LogP contribution in [0.15, 0.2) is 41.3 Å². The van der Waals surface area contributed by atoms with Crippen LogP contribution in [0.1, 0.15) is 29.9 Å². The molecule has 4 nitrogen and oxygen atoms in total. The largest absolute Gasteiger partial charge is 0.334 e. The molecule has 3 rings (SSSR count). The number of hydrogen-bond donors (Lipinski definition) is 0. The number of rotatable bonds is 4. The summed E-state index contributed by atoms with van der Waals surface area (Å²) in [5, 5.41) is 0.845. The van der Waals surface area contributed by atoms with E-state index in [0.29, 0.717) is 17.8 Å². The van der Waals surface area contributed by atoms with Crippen molar-refractivity contribution in [2.75, 3.05) is 0 Å². The third-order valence-electron chi connectivity index (χ3n) is 4.39. The monoisotopic (exact) mass is 308 g/mol. The van der Waals surface area contributed by atoms with Gasteiger partial charge in [0.2, 0.25) is 0 Å². The first-order chi connectivity index (χ1) is 11.1. The van der Waals surface area contributed by atoms with Gasteiger partial charge in [0, 0.05) is 30.7 Å². The second-order valence-corrected chi connectivity index (χ2v) is 5.66. The zero-order valence-electron chi connectivity index (χ0n) is 13.7. The molecule has 0 fully saturated rings. The smallest absolute Gasteiger partial charge is 0.274 e. The zero-order chi connectivity index (χ0) is 16.6. The summed E-state index contributed by atoms with van der Waals surface area (Å²) >= 11 is 0. The van der Waals surface area contributed by atoms with Crippen LogP contribution in [0.25, 0.3) is 22.0 Å². The lowest BCUT2D eigenvalue weighted by Gasteiger charge is -2.12. The molecule has 0 spiro atoms. The summed E-state index contributed by atoms with van der Waals surface area (Å²) in [6.45, 7) is 4.65. The van der Waals surface area contributed by atoms with Crippen LogP contribution < -0.4 is 5.56 Å². The average molecular weight is 308 g/mol. The molecule has 0 atom stereocenters. The molecule has 2 heterocycles. The minimum atomic E-state index is -0.0762. The van der Waals surface area contributed by atoms with E-state index < -0.39 is 0 Å². The molecule has 3 aromatic rings. The Labute approximate surface area is 135 Å². The van der Waals surface area contributed by atoms with E-state index in [4.69, 9.17) is 0 Å². The van der Waals surface area contributed by atoms with Gasteiger partial charge < -0.3 is 9.13 Å². The Morgan fingerprint density at radius 3 is 2.52 bits per heavy atom. The predicted molar refractivity (Wildman–Crippen MR) is 93.1 cm³/mol. The summed E-state index contributed by atoms with van der Waals surface area (Å²) in [7, 11) is 1.76. The first-order valence-corrected chi connectivity index (χ1v) is 7.88. The van der Waals surface area contributed by atoms with Crippen LogP contribution in [-0.4, -0.2) is 15.4 Å². The molecule has 1 aromatic carbocycles. The van der Waals surface area contributed by atoms with Gasteiger partial charge in [-0.1, -0.05) is 31.2 Å². The number of carbonyl (C=O) groups excluding carboxylic acids is 1. The SMILES string of the molecule is CCc1ccccc1-c1cn(C)c(=O)c2c1cc(C=O)n2CC. The van der Waals surface area contributed by atoms with Crippen molar-refractivity contribution in [3.63, 3.8) is 0 Å². The van der Waals surface area contributed by atoms with Crippen molar-refractivity contribution in [1.82, 2.24) is 9.13 Å². The Balaban J connectivity index is 2.48. The highest BCUT2D eigenvalue weighted by molar-refractivity contribution is 5.99. The second kappa shape index (κ2) is 5.88. The maximum atomic E-state index is 12.6. The topological polar surface area (TPSA) is 44.0 Å². The highest BCUT2D eigenvalue weighted by Crippen LogP contribution is 2.31. The third-order valence-corrected chi connectivity index (χ3v) is 4.39. The van der Waals surface area contributed by atoms with Crippen molar-refractivity contribution in [2.45, 2.75) is 26.8 Å². The normalized spacial score (nSPS) is 11.1. The fourth-order valence-corrected chi connectivity index (χ4v) is 3.24. The minimum Gasteiger partial charge on any atom is -0.334 e. The fraction of sp³-hybridized carbons (Fsp3) is 0.263. The summed E-state index contributed by atoms with van der Waals surface area (Å²) in [5.41, 5.74) is 4.40. The van der Waals surface area contributed by atoms with Crippen molar-refractivity contribution in [3.05, 3.63) is 58.1 Å². The quantitative estimate of drug-likeness (QED) is 0.693. The van der Waals surface area contributed by atoms with Gasteiger partial charge in [0.25, 0.3) is 5.56 Å². The zero-order valence-corrected chi connectivity index (χ0v) is 13.7. The highest BCUT2D eigenvalue weighted by Gasteiger charge is 2.17. The van der Waals surface area contributed by atoms with Crippen molar-refractivity contribution >= 4 is 17.2 Å². The van der Waals surface area contributed by atoms with Crippen molar-refractivity contribution < 1.29 is 4.79 Å². The number of aryl methyl sites for hydroxylation is 3. The molecule has 0 saturated heterocycles. The first-order valence-electron chi connectivity index (χ1n) is 7.88. The number of carbonyl (C=O) groups is 1. The number of aldehydes is 1. The number of fused-ring (bicyclic) bond motifs is 1. The molecular weight excluding hydrogens is 288 g/mol. The molecule has 0 radical (unpaired) electrons.